The van der Waals surface area contributed by atoms with Gasteiger partial charge in [-0.15, -0.1) is 0 Å². The molecule has 3 rings (SSSR count). The highest BCUT2D eigenvalue weighted by molar-refractivity contribution is 6.31. The van der Waals surface area contributed by atoms with Gasteiger partial charge in [-0.05, 0) is 42.5 Å². The molecule has 0 saturated heterocycles. The Morgan fingerprint density at radius 2 is 1.85 bits per heavy atom. The van der Waals surface area contributed by atoms with E-state index in [9.17, 15) is 4.39 Å². The van der Waals surface area contributed by atoms with Crippen LogP contribution in [0.25, 0.3) is 10.9 Å². The lowest BCUT2D eigenvalue weighted by molar-refractivity contribution is 0.628. The minimum absolute atomic E-state index is 0.283. The minimum atomic E-state index is -0.283. The van der Waals surface area contributed by atoms with Gasteiger partial charge in [-0.2, -0.15) is 0 Å². The number of hydrogen-bond donors (Lipinski definition) is 2. The first-order chi connectivity index (χ1) is 9.63. The smallest absolute Gasteiger partial charge is 0.123 e. The Morgan fingerprint density at radius 3 is 2.60 bits per heavy atom. The number of nitrogens with zero attached hydrogens (tertiary/aromatic N) is 1. The Morgan fingerprint density at radius 1 is 1.10 bits per heavy atom. The lowest BCUT2D eigenvalue weighted by Crippen LogP contribution is -1.98. The van der Waals surface area contributed by atoms with Crippen LogP contribution in [0, 0.1) is 5.82 Å². The molecule has 20 heavy (non-hydrogen) atoms. The van der Waals surface area contributed by atoms with Crippen molar-refractivity contribution in [3.05, 3.63) is 59.5 Å². The van der Waals surface area contributed by atoms with Gasteiger partial charge in [-0.3, -0.25) is 4.98 Å². The number of anilines is 3. The van der Waals surface area contributed by atoms with Crippen molar-refractivity contribution in [3.8, 4) is 0 Å². The van der Waals surface area contributed by atoms with E-state index in [1.807, 2.05) is 6.07 Å². The maximum atomic E-state index is 12.9. The largest absolute Gasteiger partial charge is 0.396 e. The molecule has 0 radical (unpaired) electrons. The second-order valence-electron chi connectivity index (χ2n) is 4.38. The summed E-state index contributed by atoms with van der Waals surface area (Å²) in [6.07, 6.45) is 1.57. The lowest BCUT2D eigenvalue weighted by Gasteiger charge is -2.12. The number of nitrogen functional groups attached to an aromatic ring is 1. The molecule has 0 aliphatic rings. The van der Waals surface area contributed by atoms with Gasteiger partial charge in [0.05, 0.1) is 23.1 Å². The van der Waals surface area contributed by atoms with Crippen LogP contribution in [0.3, 0.4) is 0 Å². The van der Waals surface area contributed by atoms with Crippen molar-refractivity contribution in [2.45, 2.75) is 0 Å². The molecule has 0 aliphatic carbocycles. The van der Waals surface area contributed by atoms with Crippen molar-refractivity contribution >= 4 is 39.6 Å². The first-order valence-electron chi connectivity index (χ1n) is 6.00. The van der Waals surface area contributed by atoms with Gasteiger partial charge in [0, 0.05) is 16.1 Å². The summed E-state index contributed by atoms with van der Waals surface area (Å²) in [5.74, 6) is -0.283. The normalized spacial score (nSPS) is 10.7. The molecule has 0 amide bonds. The molecule has 0 fully saturated rings. The van der Waals surface area contributed by atoms with Crippen LogP contribution in [0.4, 0.5) is 21.5 Å². The summed E-state index contributed by atoms with van der Waals surface area (Å²) in [4.78, 5) is 4.25. The van der Waals surface area contributed by atoms with E-state index in [1.165, 1.54) is 12.1 Å². The number of halogens is 2. The third-order valence-corrected chi connectivity index (χ3v) is 3.21. The maximum Gasteiger partial charge on any atom is 0.123 e. The van der Waals surface area contributed by atoms with Gasteiger partial charge in [-0.1, -0.05) is 11.6 Å². The van der Waals surface area contributed by atoms with Crippen LogP contribution in [-0.2, 0) is 0 Å². The van der Waals surface area contributed by atoms with Crippen LogP contribution < -0.4 is 11.1 Å². The molecule has 3 aromatic rings. The van der Waals surface area contributed by atoms with E-state index in [0.29, 0.717) is 10.7 Å². The number of nitrogens with one attached hydrogen (secondary N) is 1. The molecule has 0 atom stereocenters. The van der Waals surface area contributed by atoms with Crippen molar-refractivity contribution in [1.82, 2.24) is 4.98 Å². The average molecular weight is 288 g/mol. The summed E-state index contributed by atoms with van der Waals surface area (Å²) in [7, 11) is 0. The number of aromatic nitrogens is 1. The molecular weight excluding hydrogens is 277 g/mol. The average Bonchev–Trinajstić information content (AvgIpc) is 2.44. The molecule has 3 N–H and O–H groups in total. The first kappa shape index (κ1) is 12.7. The second-order valence-corrected chi connectivity index (χ2v) is 4.82. The van der Waals surface area contributed by atoms with Gasteiger partial charge >= 0.3 is 0 Å². The van der Waals surface area contributed by atoms with Crippen molar-refractivity contribution in [3.63, 3.8) is 0 Å². The molecule has 0 aliphatic heterocycles. The van der Waals surface area contributed by atoms with E-state index in [4.69, 9.17) is 17.3 Å². The van der Waals surface area contributed by atoms with Crippen molar-refractivity contribution in [1.29, 1.82) is 0 Å². The Hall–Kier alpha value is -2.33. The van der Waals surface area contributed by atoms with Crippen LogP contribution in [0.2, 0.25) is 5.02 Å². The van der Waals surface area contributed by atoms with Crippen LogP contribution in [0.15, 0.2) is 48.7 Å². The van der Waals surface area contributed by atoms with Crippen LogP contribution in [0.5, 0.6) is 0 Å². The number of hydrogen-bond acceptors (Lipinski definition) is 3. The summed E-state index contributed by atoms with van der Waals surface area (Å²) < 4.78 is 12.9. The Bertz CT molecular complexity index is 772. The number of nitrogens with two attached hydrogens (primary N) is 1. The molecule has 100 valence electrons. The molecular formula is C15H11ClFN3. The third-order valence-electron chi connectivity index (χ3n) is 2.97. The number of fused-ring (bicyclic) bond motifs is 1. The SMILES string of the molecule is Nc1cnc2cc(Cl)ccc2c1Nc1ccc(F)cc1. The van der Waals surface area contributed by atoms with Gasteiger partial charge in [-0.25, -0.2) is 4.39 Å². The topological polar surface area (TPSA) is 50.9 Å². The zero-order chi connectivity index (χ0) is 14.1. The standard InChI is InChI=1S/C15H11ClFN3/c16-9-1-6-12-14(7-9)19-8-13(18)15(12)20-11-4-2-10(17)3-5-11/h1-8H,18H2,(H,19,20). The van der Waals surface area contributed by atoms with Gasteiger partial charge in [0.1, 0.15) is 5.82 Å². The highest BCUT2D eigenvalue weighted by Gasteiger charge is 2.07. The monoisotopic (exact) mass is 287 g/mol. The van der Waals surface area contributed by atoms with Gasteiger partial charge in [0.15, 0.2) is 0 Å². The number of rotatable bonds is 2. The highest BCUT2D eigenvalue weighted by atomic mass is 35.5. The minimum Gasteiger partial charge on any atom is -0.396 e. The van der Waals surface area contributed by atoms with Crippen LogP contribution in [0.1, 0.15) is 0 Å². The first-order valence-corrected chi connectivity index (χ1v) is 6.37. The van der Waals surface area contributed by atoms with E-state index in [-0.39, 0.29) is 5.82 Å². The molecule has 3 nitrogen and oxygen atoms in total. The molecule has 0 spiro atoms. The van der Waals surface area contributed by atoms with E-state index < -0.39 is 0 Å². The molecule has 1 heterocycles. The summed E-state index contributed by atoms with van der Waals surface area (Å²) >= 11 is 5.96. The Kier molecular flexibility index (Phi) is 3.16. The van der Waals surface area contributed by atoms with Crippen LogP contribution >= 0.6 is 11.6 Å². The van der Waals surface area contributed by atoms with Crippen molar-refractivity contribution < 1.29 is 4.39 Å². The van der Waals surface area contributed by atoms with Crippen molar-refractivity contribution in [2.75, 3.05) is 11.1 Å². The molecule has 5 heteroatoms. The lowest BCUT2D eigenvalue weighted by atomic mass is 10.1. The van der Waals surface area contributed by atoms with Crippen LogP contribution in [-0.4, -0.2) is 4.98 Å². The van der Waals surface area contributed by atoms with Gasteiger partial charge in [0.2, 0.25) is 0 Å². The molecule has 0 saturated carbocycles. The fourth-order valence-electron chi connectivity index (χ4n) is 2.00. The molecule has 0 unspecified atom stereocenters. The predicted molar refractivity (Wildman–Crippen MR) is 80.8 cm³/mol. The number of pyridine rings is 1. The fourth-order valence-corrected chi connectivity index (χ4v) is 2.17. The Labute approximate surface area is 120 Å². The maximum absolute atomic E-state index is 12.9. The second kappa shape index (κ2) is 4.98. The highest BCUT2D eigenvalue weighted by Crippen LogP contribution is 2.31. The summed E-state index contributed by atoms with van der Waals surface area (Å²) in [6, 6.07) is 11.5. The van der Waals surface area contributed by atoms with E-state index >= 15 is 0 Å². The zero-order valence-corrected chi connectivity index (χ0v) is 11.2. The van der Waals surface area contributed by atoms with E-state index in [1.54, 1.807) is 30.5 Å². The molecule has 1 aromatic heterocycles. The third kappa shape index (κ3) is 2.38. The van der Waals surface area contributed by atoms with Gasteiger partial charge < -0.3 is 11.1 Å². The molecule has 0 bridgehead atoms. The van der Waals surface area contributed by atoms with Crippen molar-refractivity contribution in [2.24, 2.45) is 0 Å². The molecule has 2 aromatic carbocycles. The fraction of sp³-hybridized carbons (Fsp3) is 0. The van der Waals surface area contributed by atoms with Gasteiger partial charge in [0.25, 0.3) is 0 Å². The quantitative estimate of drug-likeness (QED) is 0.736. The Balaban J connectivity index is 2.10. The predicted octanol–water partition coefficient (Wildman–Crippen LogP) is 4.35. The summed E-state index contributed by atoms with van der Waals surface area (Å²) in [6.45, 7) is 0. The van der Waals surface area contributed by atoms with E-state index in [0.717, 1.165) is 22.3 Å². The summed E-state index contributed by atoms with van der Waals surface area (Å²) in [5, 5.41) is 4.66. The zero-order valence-electron chi connectivity index (χ0n) is 10.4. The summed E-state index contributed by atoms with van der Waals surface area (Å²) in [5.41, 5.74) is 8.72. The van der Waals surface area contributed by atoms with E-state index in [2.05, 4.69) is 10.3 Å². The number of benzene rings is 2.